The molecule has 1 saturated heterocycles. The van der Waals surface area contributed by atoms with E-state index in [9.17, 15) is 12.8 Å². The van der Waals surface area contributed by atoms with Crippen LogP contribution in [0.25, 0.3) is 11.3 Å². The molecule has 0 unspecified atom stereocenters. The van der Waals surface area contributed by atoms with Crippen LogP contribution in [0.3, 0.4) is 0 Å². The highest BCUT2D eigenvalue weighted by molar-refractivity contribution is 7.92. The monoisotopic (exact) mass is 457 g/mol. The first-order valence-corrected chi connectivity index (χ1v) is 11.6. The molecule has 168 valence electrons. The highest BCUT2D eigenvalue weighted by Gasteiger charge is 2.21. The van der Waals surface area contributed by atoms with Gasteiger partial charge in [0.05, 0.1) is 12.8 Å². The Morgan fingerprint density at radius 3 is 2.47 bits per heavy atom. The van der Waals surface area contributed by atoms with Crippen molar-refractivity contribution in [3.8, 4) is 17.0 Å². The number of sulfonamides is 1. The number of benzene rings is 2. The van der Waals surface area contributed by atoms with Crippen LogP contribution in [0.15, 0.2) is 59.5 Å². The predicted octanol–water partition coefficient (Wildman–Crippen LogP) is 2.84. The third-order valence-electron chi connectivity index (χ3n) is 5.30. The predicted molar refractivity (Wildman–Crippen MR) is 121 cm³/mol. The standard InChI is InChI=1S/C22H24FN5O3S/c1-27-10-12-28(13-11-27)22-9-7-19(24-25-22)16-4-3-5-18(14-16)26-32(29,30)21-15-17(23)6-8-20(21)31-2/h3-9,14-15,26H,10-13H2,1-2H3. The van der Waals surface area contributed by atoms with Crippen LogP contribution in [-0.4, -0.2) is 63.9 Å². The molecule has 1 fully saturated rings. The molecular weight excluding hydrogens is 433 g/mol. The van der Waals surface area contributed by atoms with Gasteiger partial charge in [-0.15, -0.1) is 10.2 Å². The van der Waals surface area contributed by atoms with Gasteiger partial charge < -0.3 is 14.5 Å². The Hall–Kier alpha value is -3.24. The van der Waals surface area contributed by atoms with Gasteiger partial charge in [-0.1, -0.05) is 12.1 Å². The highest BCUT2D eigenvalue weighted by atomic mass is 32.2. The van der Waals surface area contributed by atoms with Crippen molar-refractivity contribution in [3.63, 3.8) is 0 Å². The lowest BCUT2D eigenvalue weighted by Gasteiger charge is -2.32. The molecule has 4 rings (SSSR count). The van der Waals surface area contributed by atoms with Crippen LogP contribution in [-0.2, 0) is 10.0 Å². The van der Waals surface area contributed by atoms with Crippen LogP contribution in [0.4, 0.5) is 15.9 Å². The number of halogens is 1. The van der Waals surface area contributed by atoms with Gasteiger partial charge in [-0.3, -0.25) is 4.72 Å². The molecule has 1 N–H and O–H groups in total. The van der Waals surface area contributed by atoms with E-state index in [2.05, 4.69) is 31.8 Å². The van der Waals surface area contributed by atoms with Gasteiger partial charge in [0, 0.05) is 37.4 Å². The minimum Gasteiger partial charge on any atom is -0.495 e. The number of likely N-dealkylation sites (N-methyl/N-ethyl adjacent to an activating group) is 1. The maximum Gasteiger partial charge on any atom is 0.265 e. The second kappa shape index (κ2) is 9.09. The minimum absolute atomic E-state index is 0.0559. The molecule has 0 radical (unpaired) electrons. The van der Waals surface area contributed by atoms with Crippen molar-refractivity contribution >= 4 is 21.5 Å². The molecule has 1 aliphatic heterocycles. The summed E-state index contributed by atoms with van der Waals surface area (Å²) in [5.41, 5.74) is 1.64. The smallest absolute Gasteiger partial charge is 0.265 e. The third-order valence-corrected chi connectivity index (χ3v) is 6.71. The van der Waals surface area contributed by atoms with Crippen molar-refractivity contribution in [1.29, 1.82) is 0 Å². The largest absolute Gasteiger partial charge is 0.495 e. The van der Waals surface area contributed by atoms with E-state index in [0.717, 1.165) is 44.1 Å². The van der Waals surface area contributed by atoms with Gasteiger partial charge in [-0.05, 0) is 49.5 Å². The number of aromatic nitrogens is 2. The zero-order valence-electron chi connectivity index (χ0n) is 17.8. The van der Waals surface area contributed by atoms with Crippen LogP contribution in [0.5, 0.6) is 5.75 Å². The van der Waals surface area contributed by atoms with Crippen molar-refractivity contribution < 1.29 is 17.5 Å². The number of hydrogen-bond donors (Lipinski definition) is 1. The molecule has 0 spiro atoms. The van der Waals surface area contributed by atoms with Crippen molar-refractivity contribution in [2.75, 3.05) is 50.0 Å². The molecule has 0 atom stereocenters. The summed E-state index contributed by atoms with van der Waals surface area (Å²) in [6, 6.07) is 13.9. The number of anilines is 2. The molecule has 32 heavy (non-hydrogen) atoms. The average molecular weight is 458 g/mol. The van der Waals surface area contributed by atoms with E-state index in [4.69, 9.17) is 4.74 Å². The fraction of sp³-hybridized carbons (Fsp3) is 0.273. The first kappa shape index (κ1) is 22.0. The Morgan fingerprint density at radius 2 is 1.78 bits per heavy atom. The van der Waals surface area contributed by atoms with E-state index in [-0.39, 0.29) is 10.6 Å². The highest BCUT2D eigenvalue weighted by Crippen LogP contribution is 2.28. The van der Waals surface area contributed by atoms with Crippen molar-refractivity contribution in [2.45, 2.75) is 4.90 Å². The molecule has 0 amide bonds. The zero-order valence-corrected chi connectivity index (χ0v) is 18.6. The number of nitrogens with zero attached hydrogens (tertiary/aromatic N) is 4. The number of methoxy groups -OCH3 is 1. The topological polar surface area (TPSA) is 87.7 Å². The van der Waals surface area contributed by atoms with Gasteiger partial charge in [0.25, 0.3) is 10.0 Å². The number of hydrogen-bond acceptors (Lipinski definition) is 7. The number of rotatable bonds is 6. The molecule has 2 heterocycles. The van der Waals surface area contributed by atoms with E-state index in [0.29, 0.717) is 16.9 Å². The summed E-state index contributed by atoms with van der Waals surface area (Å²) >= 11 is 0. The fourth-order valence-electron chi connectivity index (χ4n) is 3.50. The first-order chi connectivity index (χ1) is 15.4. The lowest BCUT2D eigenvalue weighted by Crippen LogP contribution is -2.44. The number of ether oxygens (including phenoxy) is 1. The molecule has 0 saturated carbocycles. The third kappa shape index (κ3) is 4.81. The van der Waals surface area contributed by atoms with Crippen molar-refractivity contribution in [3.05, 3.63) is 60.4 Å². The van der Waals surface area contributed by atoms with E-state index in [1.54, 1.807) is 18.2 Å². The van der Waals surface area contributed by atoms with Gasteiger partial charge in [-0.2, -0.15) is 0 Å². The average Bonchev–Trinajstić information content (AvgIpc) is 2.79. The summed E-state index contributed by atoms with van der Waals surface area (Å²) in [7, 11) is -0.639. The van der Waals surface area contributed by atoms with Crippen LogP contribution in [0.1, 0.15) is 0 Å². The van der Waals surface area contributed by atoms with Crippen LogP contribution in [0.2, 0.25) is 0 Å². The molecule has 2 aromatic carbocycles. The maximum absolute atomic E-state index is 13.7. The summed E-state index contributed by atoms with van der Waals surface area (Å²) in [4.78, 5) is 4.18. The van der Waals surface area contributed by atoms with Crippen LogP contribution < -0.4 is 14.4 Å². The van der Waals surface area contributed by atoms with Gasteiger partial charge >= 0.3 is 0 Å². The van der Waals surface area contributed by atoms with Gasteiger partial charge in [0.1, 0.15) is 16.5 Å². The van der Waals surface area contributed by atoms with Crippen LogP contribution >= 0.6 is 0 Å². The molecular formula is C22H24FN5O3S. The molecule has 1 aliphatic rings. The van der Waals surface area contributed by atoms with E-state index < -0.39 is 15.8 Å². The Morgan fingerprint density at radius 1 is 1.00 bits per heavy atom. The molecule has 0 aliphatic carbocycles. The Balaban J connectivity index is 1.54. The molecule has 3 aromatic rings. The molecule has 1 aromatic heterocycles. The SMILES string of the molecule is COc1ccc(F)cc1S(=O)(=O)Nc1cccc(-c2ccc(N3CCN(C)CC3)nn2)c1. The van der Waals surface area contributed by atoms with Gasteiger partial charge in [0.15, 0.2) is 5.82 Å². The Kier molecular flexibility index (Phi) is 6.24. The summed E-state index contributed by atoms with van der Waals surface area (Å²) in [5, 5.41) is 8.67. The Bertz CT molecular complexity index is 1200. The summed E-state index contributed by atoms with van der Waals surface area (Å²) in [5.74, 6) is 0.202. The molecule has 0 bridgehead atoms. The number of piperazine rings is 1. The second-order valence-corrected chi connectivity index (χ2v) is 9.20. The normalized spacial score (nSPS) is 14.9. The molecule has 8 nitrogen and oxygen atoms in total. The second-order valence-electron chi connectivity index (χ2n) is 7.55. The fourth-order valence-corrected chi connectivity index (χ4v) is 4.73. The Labute approximate surface area is 186 Å². The first-order valence-electron chi connectivity index (χ1n) is 10.1. The lowest BCUT2D eigenvalue weighted by atomic mass is 10.1. The quantitative estimate of drug-likeness (QED) is 0.609. The van der Waals surface area contributed by atoms with E-state index in [1.165, 1.54) is 13.2 Å². The van der Waals surface area contributed by atoms with Crippen LogP contribution in [0, 0.1) is 5.82 Å². The molecule has 10 heteroatoms. The zero-order chi connectivity index (χ0) is 22.7. The number of nitrogens with one attached hydrogen (secondary N) is 1. The summed E-state index contributed by atoms with van der Waals surface area (Å²) < 4.78 is 46.9. The van der Waals surface area contributed by atoms with E-state index in [1.807, 2.05) is 18.2 Å². The van der Waals surface area contributed by atoms with E-state index >= 15 is 0 Å². The maximum atomic E-state index is 13.7. The van der Waals surface area contributed by atoms with Crippen molar-refractivity contribution in [2.24, 2.45) is 0 Å². The lowest BCUT2D eigenvalue weighted by molar-refractivity contribution is 0.312. The summed E-state index contributed by atoms with van der Waals surface area (Å²) in [6.45, 7) is 3.74. The van der Waals surface area contributed by atoms with Gasteiger partial charge in [0.2, 0.25) is 0 Å². The minimum atomic E-state index is -4.06. The summed E-state index contributed by atoms with van der Waals surface area (Å²) in [6.07, 6.45) is 0. The van der Waals surface area contributed by atoms with Crippen molar-refractivity contribution in [1.82, 2.24) is 15.1 Å². The van der Waals surface area contributed by atoms with Gasteiger partial charge in [-0.25, -0.2) is 12.8 Å².